The van der Waals surface area contributed by atoms with Crippen molar-refractivity contribution in [2.45, 2.75) is 138 Å². The van der Waals surface area contributed by atoms with Gasteiger partial charge in [0.1, 0.15) is 31.0 Å². The fourth-order valence-electron chi connectivity index (χ4n) is 15.6. The number of carbonyl (C=O) groups excluding carboxylic acids is 3. The van der Waals surface area contributed by atoms with Crippen molar-refractivity contribution in [1.82, 2.24) is 30.6 Å². The lowest BCUT2D eigenvalue weighted by Gasteiger charge is -2.63. The van der Waals surface area contributed by atoms with Gasteiger partial charge < -0.3 is 56.5 Å². The lowest BCUT2D eigenvalue weighted by molar-refractivity contribution is -0.209. The Morgan fingerprint density at radius 3 is 2.53 bits per heavy atom. The van der Waals surface area contributed by atoms with E-state index in [0.717, 1.165) is 48.9 Å². The molecule has 450 valence electrons. The number of aliphatic carboxylic acids is 1. The van der Waals surface area contributed by atoms with Gasteiger partial charge in [-0.25, -0.2) is 14.8 Å². The van der Waals surface area contributed by atoms with Crippen molar-refractivity contribution < 1.29 is 49.1 Å². The van der Waals surface area contributed by atoms with Crippen molar-refractivity contribution in [2.24, 2.45) is 17.3 Å². The molecule has 20 nitrogen and oxygen atoms in total. The van der Waals surface area contributed by atoms with Gasteiger partial charge in [0.2, 0.25) is 5.95 Å². The number of aromatic amines is 1. The van der Waals surface area contributed by atoms with Gasteiger partial charge in [-0.3, -0.25) is 24.2 Å². The maximum Gasteiger partial charge on any atom is 0.327 e. The molecule has 2 aromatic heterocycles. The van der Waals surface area contributed by atoms with Crippen molar-refractivity contribution >= 4 is 79.4 Å². The van der Waals surface area contributed by atoms with E-state index in [1.165, 1.54) is 62.2 Å². The van der Waals surface area contributed by atoms with E-state index in [0.29, 0.717) is 55.7 Å². The highest BCUT2D eigenvalue weighted by Gasteiger charge is 2.78. The number of carbonyl (C=O) groups is 4. The zero-order valence-corrected chi connectivity index (χ0v) is 50.2. The first-order chi connectivity index (χ1) is 40.7. The van der Waals surface area contributed by atoms with Crippen LogP contribution in [0.3, 0.4) is 0 Å². The molecule has 2 amide bonds. The maximum atomic E-state index is 15.1. The third-order valence-electron chi connectivity index (χ3n) is 19.8. The number of methoxy groups -OCH3 is 1. The zero-order chi connectivity index (χ0) is 60.2. The summed E-state index contributed by atoms with van der Waals surface area (Å²) in [4.78, 5) is 82.9. The van der Waals surface area contributed by atoms with Crippen LogP contribution < -0.4 is 36.9 Å². The highest BCUT2D eigenvalue weighted by atomic mass is 33.1. The summed E-state index contributed by atoms with van der Waals surface area (Å²) in [6, 6.07) is 17.2. The quantitative estimate of drug-likeness (QED) is 0.0179. The van der Waals surface area contributed by atoms with Crippen LogP contribution in [0.2, 0.25) is 0 Å². The molecule has 5 aromatic rings. The van der Waals surface area contributed by atoms with Crippen LogP contribution in [0.1, 0.15) is 123 Å². The molecular formula is C63H75N9O11S2. The smallest absolute Gasteiger partial charge is 0.327 e. The fraction of sp³-hybridized carbons (Fsp3) is 0.492. The molecule has 1 aliphatic heterocycles. The number of aromatic nitrogens is 4. The minimum absolute atomic E-state index is 0.00440. The van der Waals surface area contributed by atoms with E-state index >= 15 is 4.79 Å². The molecule has 8 unspecified atom stereocenters. The number of hydrogen-bond donors (Lipinski definition) is 9. The van der Waals surface area contributed by atoms with Crippen LogP contribution in [0.4, 0.5) is 17.3 Å². The number of nitrogens with one attached hydrogen (secondary N) is 4. The van der Waals surface area contributed by atoms with Crippen LogP contribution in [0.5, 0.6) is 5.75 Å². The topological polar surface area (TPSA) is 305 Å². The number of aliphatic hydroxyl groups is 3. The van der Waals surface area contributed by atoms with Crippen LogP contribution in [-0.4, -0.2) is 132 Å². The standard InChI is InChI=1S/C63H75N9O11S2/c1-6-60(80)21-11-15-41-40-14-9-8-12-37(40)28-42(41)59(3,24-25-60)44-29-43-46(30-47(44)82-5)72(4)55-62(43)23-20-35-13-10-22-61(7-2,50(35)62)56(78)63(55,81)57(79)67-33-48(73)83-26-27-84-85-34-45(54(76)77)69-52(74)36-16-18-38(19-17-36)65-31-39-32-66-51-49(68-39)53(75)71-58(64)70-51/h8-10,12,14,16-19,22,29-30,32,35,45,50,55-56,65,78,80-81H,6-7,11,13,15,20-21,23-28,31,33-34H2,1-5H3,(H,67,79)(H,69,74)(H,76,77)(H3,64,66,70,71,75)/t35?,45?,50?,55?,56?,59-,60+,61?,62?,63?/m0/s1. The Hall–Kier alpha value is -6.98. The number of carboxylic acids is 1. The van der Waals surface area contributed by atoms with Crippen molar-refractivity contribution in [3.8, 4) is 5.75 Å². The van der Waals surface area contributed by atoms with Gasteiger partial charge in [0.05, 0.1) is 37.2 Å². The molecule has 2 saturated carbocycles. The number of anilines is 3. The molecule has 0 saturated heterocycles. The van der Waals surface area contributed by atoms with E-state index in [2.05, 4.69) is 92.2 Å². The first kappa shape index (κ1) is 59.7. The molecule has 5 aliphatic carbocycles. The van der Waals surface area contributed by atoms with E-state index in [-0.39, 0.29) is 59.2 Å². The number of fused-ring (bicyclic) bond motifs is 4. The molecule has 2 fully saturated rings. The highest BCUT2D eigenvalue weighted by Crippen LogP contribution is 2.73. The molecule has 3 heterocycles. The molecule has 3 aromatic carbocycles. The van der Waals surface area contributed by atoms with E-state index in [1.807, 2.05) is 24.9 Å². The summed E-state index contributed by atoms with van der Waals surface area (Å²) in [5, 5.41) is 56.9. The van der Waals surface area contributed by atoms with E-state index in [9.17, 15) is 39.6 Å². The molecule has 6 aliphatic rings. The molecular weight excluding hydrogens is 1120 g/mol. The van der Waals surface area contributed by atoms with Crippen molar-refractivity contribution in [2.75, 3.05) is 54.8 Å². The number of carboxylic acid groups (broad SMARTS) is 1. The average Bonchev–Trinajstić information content (AvgIpc) is 1.82. The summed E-state index contributed by atoms with van der Waals surface area (Å²) < 4.78 is 11.9. The first-order valence-electron chi connectivity index (χ1n) is 29.4. The van der Waals surface area contributed by atoms with Gasteiger partial charge in [-0.15, -0.1) is 0 Å². The Labute approximate surface area is 501 Å². The number of H-pyrrole nitrogens is 1. The lowest BCUT2D eigenvalue weighted by atomic mass is 9.44. The van der Waals surface area contributed by atoms with Crippen LogP contribution in [0.25, 0.3) is 16.7 Å². The first-order valence-corrected chi connectivity index (χ1v) is 31.9. The number of benzene rings is 3. The number of likely N-dealkylation sites (N-methyl/N-ethyl adjacent to an activating group) is 1. The predicted octanol–water partition coefficient (Wildman–Crippen LogP) is 6.76. The number of nitrogens with zero attached hydrogens (tertiary/aromatic N) is 4. The third-order valence-corrected chi connectivity index (χ3v) is 22.2. The number of nitrogen functional groups attached to an aromatic ring is 1. The van der Waals surface area contributed by atoms with Crippen LogP contribution in [-0.2, 0) is 42.9 Å². The third kappa shape index (κ3) is 10.3. The van der Waals surface area contributed by atoms with Gasteiger partial charge in [-0.1, -0.05) is 84.3 Å². The Bertz CT molecular complexity index is 3580. The number of nitrogens with two attached hydrogens (primary N) is 1. The van der Waals surface area contributed by atoms with Gasteiger partial charge in [0.15, 0.2) is 16.8 Å². The van der Waals surface area contributed by atoms with E-state index in [1.54, 1.807) is 19.2 Å². The Morgan fingerprint density at radius 2 is 1.78 bits per heavy atom. The minimum Gasteiger partial charge on any atom is -0.496 e. The van der Waals surface area contributed by atoms with E-state index < -0.39 is 81.5 Å². The van der Waals surface area contributed by atoms with E-state index in [4.69, 9.17) is 15.2 Å². The van der Waals surface area contributed by atoms with Gasteiger partial charge in [0.25, 0.3) is 17.4 Å². The molecule has 0 bridgehead atoms. The number of allylic oxidation sites excluding steroid dienone is 3. The zero-order valence-electron chi connectivity index (χ0n) is 48.5. The van der Waals surface area contributed by atoms with Crippen molar-refractivity contribution in [1.29, 1.82) is 0 Å². The number of hydrogen-bond acceptors (Lipinski definition) is 18. The average molecular weight is 1200 g/mol. The fourth-order valence-corrected chi connectivity index (χ4v) is 17.6. The Morgan fingerprint density at radius 1 is 0.988 bits per heavy atom. The van der Waals surface area contributed by atoms with Crippen molar-refractivity contribution in [3.05, 3.63) is 128 Å². The number of rotatable bonds is 19. The number of amides is 2. The SMILES string of the molecule is CCC12C=CCC3CCC4(c5cc([C@@]6(C)CC[C@@](O)(CC)CCCC7=C6Cc6ccccc67)c(OC)cc5N(C)C4C(O)(C(=O)NCC(=O)OCCSSCC(NC(=O)c4ccc(NCc5cnc6nc(N)[nH]c(=O)c6n5)cc4)C(=O)O)C1O)C32. The monoisotopic (exact) mass is 1200 g/mol. The molecule has 10 atom stereocenters. The second-order valence-corrected chi connectivity index (χ2v) is 26.7. The molecule has 1 spiro atoms. The largest absolute Gasteiger partial charge is 0.496 e. The molecule has 22 heteroatoms. The Balaban J connectivity index is 0.748. The normalized spacial score (nSPS) is 28.4. The van der Waals surface area contributed by atoms with Crippen molar-refractivity contribution in [3.63, 3.8) is 0 Å². The molecule has 0 radical (unpaired) electrons. The summed E-state index contributed by atoms with van der Waals surface area (Å²) in [6.45, 7) is 5.94. The second-order valence-electron chi connectivity index (χ2n) is 24.1. The summed E-state index contributed by atoms with van der Waals surface area (Å²) in [5.74, 6) is -2.56. The van der Waals surface area contributed by atoms with Gasteiger partial charge in [-0.05, 0) is 135 Å². The van der Waals surface area contributed by atoms with Gasteiger partial charge in [0, 0.05) is 63.4 Å². The minimum atomic E-state index is -2.41. The Kier molecular flexibility index (Phi) is 16.4. The van der Waals surface area contributed by atoms with Gasteiger partial charge >= 0.3 is 11.9 Å². The summed E-state index contributed by atoms with van der Waals surface area (Å²) >= 11 is 0. The lowest BCUT2D eigenvalue weighted by Crippen LogP contribution is -2.79. The van der Waals surface area contributed by atoms with Crippen LogP contribution >= 0.6 is 21.6 Å². The number of ether oxygens (including phenoxy) is 2. The predicted molar refractivity (Wildman–Crippen MR) is 327 cm³/mol. The number of aliphatic hydroxyl groups excluding tert-OH is 1. The molecule has 85 heavy (non-hydrogen) atoms. The molecule has 10 N–H and O–H groups in total. The van der Waals surface area contributed by atoms with Crippen LogP contribution in [0.15, 0.2) is 89.4 Å². The van der Waals surface area contributed by atoms with Gasteiger partial charge in [-0.2, -0.15) is 4.98 Å². The maximum absolute atomic E-state index is 15.1. The summed E-state index contributed by atoms with van der Waals surface area (Å²) in [5.41, 5.74) is 9.01. The summed E-state index contributed by atoms with van der Waals surface area (Å²) in [7, 11) is 5.99. The molecule has 11 rings (SSSR count). The van der Waals surface area contributed by atoms with Crippen LogP contribution in [0, 0.1) is 17.3 Å². The summed E-state index contributed by atoms with van der Waals surface area (Å²) in [6.07, 6.45) is 12.0. The highest BCUT2D eigenvalue weighted by molar-refractivity contribution is 8.76. The second kappa shape index (κ2) is 23.4. The number of esters is 1.